The minimum Gasteiger partial charge on any atom is -0.326 e. The van der Waals surface area contributed by atoms with Crippen molar-refractivity contribution in [3.8, 4) is 0 Å². The molecule has 0 aromatic heterocycles. The Hall–Kier alpha value is -1.40. The number of carbonyl (C=O) groups excluding carboxylic acids is 1. The summed E-state index contributed by atoms with van der Waals surface area (Å²) in [4.78, 5) is 12.4. The normalized spacial score (nSPS) is 11.9. The van der Waals surface area contributed by atoms with Gasteiger partial charge in [0.1, 0.15) is 0 Å². The lowest BCUT2D eigenvalue weighted by Crippen LogP contribution is -2.33. The average Bonchev–Trinajstić information content (AvgIpc) is 2.63. The van der Waals surface area contributed by atoms with Crippen LogP contribution in [-0.4, -0.2) is 31.7 Å². The molecule has 148 valence electrons. The molecule has 0 heterocycles. The van der Waals surface area contributed by atoms with Gasteiger partial charge >= 0.3 is 0 Å². The van der Waals surface area contributed by atoms with Gasteiger partial charge in [0, 0.05) is 24.7 Å². The minimum absolute atomic E-state index is 0.0156. The Morgan fingerprint density at radius 1 is 0.962 bits per heavy atom. The molecule has 26 heavy (non-hydrogen) atoms. The molecular weight excluding hydrogens is 348 g/mol. The quantitative estimate of drug-likeness (QED) is 0.572. The van der Waals surface area contributed by atoms with Gasteiger partial charge in [0.25, 0.3) is 0 Å². The van der Waals surface area contributed by atoms with E-state index in [1.54, 1.807) is 28.6 Å². The number of unbranched alkanes of at least 4 members (excludes halogenated alkanes) is 2. The van der Waals surface area contributed by atoms with Crippen molar-refractivity contribution in [3.05, 3.63) is 24.3 Å². The largest absolute Gasteiger partial charge is 0.326 e. The van der Waals surface area contributed by atoms with Crippen molar-refractivity contribution in [1.82, 2.24) is 4.31 Å². The van der Waals surface area contributed by atoms with E-state index in [-0.39, 0.29) is 16.7 Å². The maximum atomic E-state index is 12.9. The number of carbonyl (C=O) groups is 1. The van der Waals surface area contributed by atoms with E-state index in [1.165, 1.54) is 0 Å². The van der Waals surface area contributed by atoms with Gasteiger partial charge in [0.2, 0.25) is 15.9 Å². The first kappa shape index (κ1) is 22.6. The highest BCUT2D eigenvalue weighted by molar-refractivity contribution is 7.89. The van der Waals surface area contributed by atoms with Crippen LogP contribution in [0.15, 0.2) is 29.2 Å². The Morgan fingerprint density at radius 3 is 1.88 bits per heavy atom. The summed E-state index contributed by atoms with van der Waals surface area (Å²) in [5, 5.41) is 2.87. The molecule has 1 rings (SSSR count). The van der Waals surface area contributed by atoms with Gasteiger partial charge in [0.15, 0.2) is 0 Å². The monoisotopic (exact) mass is 382 g/mol. The summed E-state index contributed by atoms with van der Waals surface area (Å²) in [6.07, 6.45) is 5.20. The fourth-order valence-corrected chi connectivity index (χ4v) is 4.30. The smallest absolute Gasteiger partial charge is 0.243 e. The highest BCUT2D eigenvalue weighted by Crippen LogP contribution is 2.20. The molecule has 0 unspecified atom stereocenters. The number of rotatable bonds is 12. The standard InChI is InChI=1S/C20H34N2O3S/c1-5-9-15-22(16-10-6-2)26(24,25)19-13-11-18(12-14-19)21-20(23)17(7-3)8-4/h11-14,17H,5-10,15-16H2,1-4H3,(H,21,23). The summed E-state index contributed by atoms with van der Waals surface area (Å²) in [6, 6.07) is 6.52. The highest BCUT2D eigenvalue weighted by Gasteiger charge is 2.23. The van der Waals surface area contributed by atoms with Crippen molar-refractivity contribution < 1.29 is 13.2 Å². The molecule has 0 aliphatic rings. The predicted molar refractivity (Wildman–Crippen MR) is 108 cm³/mol. The second-order valence-corrected chi connectivity index (χ2v) is 8.58. The fourth-order valence-electron chi connectivity index (χ4n) is 2.78. The molecule has 6 heteroatoms. The molecular formula is C20H34N2O3S. The third-order valence-electron chi connectivity index (χ3n) is 4.64. The van der Waals surface area contributed by atoms with Crippen molar-refractivity contribution in [2.75, 3.05) is 18.4 Å². The summed E-state index contributed by atoms with van der Waals surface area (Å²) < 4.78 is 27.4. The lowest BCUT2D eigenvalue weighted by Gasteiger charge is -2.22. The van der Waals surface area contributed by atoms with Gasteiger partial charge in [0.05, 0.1) is 4.90 Å². The van der Waals surface area contributed by atoms with Crippen LogP contribution in [0.2, 0.25) is 0 Å². The second-order valence-electron chi connectivity index (χ2n) is 6.64. The van der Waals surface area contributed by atoms with Crippen molar-refractivity contribution in [2.45, 2.75) is 71.1 Å². The third kappa shape index (κ3) is 6.40. The van der Waals surface area contributed by atoms with Crippen LogP contribution >= 0.6 is 0 Å². The molecule has 0 fully saturated rings. The van der Waals surface area contributed by atoms with Crippen LogP contribution in [0, 0.1) is 5.92 Å². The Labute approximate surface area is 159 Å². The van der Waals surface area contributed by atoms with Gasteiger partial charge in [-0.05, 0) is 49.9 Å². The molecule has 0 aliphatic heterocycles. The van der Waals surface area contributed by atoms with Crippen LogP contribution in [0.5, 0.6) is 0 Å². The first-order chi connectivity index (χ1) is 12.4. The van der Waals surface area contributed by atoms with Gasteiger partial charge in [-0.1, -0.05) is 40.5 Å². The topological polar surface area (TPSA) is 66.5 Å². The van der Waals surface area contributed by atoms with Crippen molar-refractivity contribution in [3.63, 3.8) is 0 Å². The van der Waals surface area contributed by atoms with E-state index in [9.17, 15) is 13.2 Å². The van der Waals surface area contributed by atoms with Crippen LogP contribution < -0.4 is 5.32 Å². The zero-order chi connectivity index (χ0) is 19.6. The fraction of sp³-hybridized carbons (Fsp3) is 0.650. The molecule has 0 radical (unpaired) electrons. The number of nitrogens with one attached hydrogen (secondary N) is 1. The summed E-state index contributed by atoms with van der Waals surface area (Å²) in [5.41, 5.74) is 0.634. The molecule has 0 atom stereocenters. The molecule has 5 nitrogen and oxygen atoms in total. The number of amides is 1. The van der Waals surface area contributed by atoms with Crippen LogP contribution in [0.3, 0.4) is 0 Å². The number of nitrogens with zero attached hydrogens (tertiary/aromatic N) is 1. The number of hydrogen-bond donors (Lipinski definition) is 1. The molecule has 1 aromatic carbocycles. The molecule has 0 bridgehead atoms. The molecule has 1 aromatic rings. The van der Waals surface area contributed by atoms with Crippen molar-refractivity contribution in [2.24, 2.45) is 5.92 Å². The van der Waals surface area contributed by atoms with E-state index in [4.69, 9.17) is 0 Å². The van der Waals surface area contributed by atoms with Crippen LogP contribution in [0.4, 0.5) is 5.69 Å². The van der Waals surface area contributed by atoms with Crippen LogP contribution in [-0.2, 0) is 14.8 Å². The summed E-state index contributed by atoms with van der Waals surface area (Å²) in [7, 11) is -3.50. The van der Waals surface area contributed by atoms with Gasteiger partial charge in [-0.3, -0.25) is 4.79 Å². The summed E-state index contributed by atoms with van der Waals surface area (Å²) in [6.45, 7) is 9.19. The van der Waals surface area contributed by atoms with E-state index in [2.05, 4.69) is 19.2 Å². The molecule has 0 saturated heterocycles. The van der Waals surface area contributed by atoms with Crippen LogP contribution in [0.25, 0.3) is 0 Å². The lowest BCUT2D eigenvalue weighted by atomic mass is 10.0. The van der Waals surface area contributed by atoms with Crippen molar-refractivity contribution >= 4 is 21.6 Å². The number of benzene rings is 1. The first-order valence-electron chi connectivity index (χ1n) is 9.81. The molecule has 0 aliphatic carbocycles. The number of hydrogen-bond acceptors (Lipinski definition) is 3. The van der Waals surface area contributed by atoms with Gasteiger partial charge in [-0.15, -0.1) is 0 Å². The minimum atomic E-state index is -3.50. The highest BCUT2D eigenvalue weighted by atomic mass is 32.2. The van der Waals surface area contributed by atoms with Gasteiger partial charge in [-0.2, -0.15) is 4.31 Å². The summed E-state index contributed by atoms with van der Waals surface area (Å²) >= 11 is 0. The summed E-state index contributed by atoms with van der Waals surface area (Å²) in [5.74, 6) is -0.0323. The van der Waals surface area contributed by atoms with Crippen LogP contribution in [0.1, 0.15) is 66.2 Å². The molecule has 1 amide bonds. The van der Waals surface area contributed by atoms with E-state index in [1.807, 2.05) is 13.8 Å². The SMILES string of the molecule is CCCCN(CCCC)S(=O)(=O)c1ccc(NC(=O)C(CC)CC)cc1. The van der Waals surface area contributed by atoms with E-state index >= 15 is 0 Å². The maximum Gasteiger partial charge on any atom is 0.243 e. The number of anilines is 1. The van der Waals surface area contributed by atoms with E-state index in [0.717, 1.165) is 38.5 Å². The lowest BCUT2D eigenvalue weighted by molar-refractivity contribution is -0.120. The zero-order valence-corrected chi connectivity index (χ0v) is 17.4. The molecule has 1 N–H and O–H groups in total. The Morgan fingerprint density at radius 2 is 1.46 bits per heavy atom. The third-order valence-corrected chi connectivity index (χ3v) is 6.55. The average molecular weight is 383 g/mol. The Balaban J connectivity index is 2.91. The maximum absolute atomic E-state index is 12.9. The van der Waals surface area contributed by atoms with Crippen molar-refractivity contribution in [1.29, 1.82) is 0 Å². The van der Waals surface area contributed by atoms with E-state index < -0.39 is 10.0 Å². The Kier molecular flexibility index (Phi) is 9.88. The molecule has 0 spiro atoms. The van der Waals surface area contributed by atoms with Gasteiger partial charge < -0.3 is 5.32 Å². The second kappa shape index (κ2) is 11.3. The first-order valence-corrected chi connectivity index (χ1v) is 11.3. The zero-order valence-electron chi connectivity index (χ0n) is 16.6. The predicted octanol–water partition coefficient (Wildman–Crippen LogP) is 4.65. The number of sulfonamides is 1. The molecule has 0 saturated carbocycles. The van der Waals surface area contributed by atoms with E-state index in [0.29, 0.717) is 18.8 Å². The Bertz CT molecular complexity index is 630. The van der Waals surface area contributed by atoms with Gasteiger partial charge in [-0.25, -0.2) is 8.42 Å².